The van der Waals surface area contributed by atoms with Gasteiger partial charge in [-0.1, -0.05) is 37.6 Å². The molecule has 0 radical (unpaired) electrons. The number of alkyl halides is 1. The van der Waals surface area contributed by atoms with Crippen LogP contribution in [-0.2, 0) is 17.9 Å². The number of benzene rings is 1. The van der Waals surface area contributed by atoms with E-state index in [1.807, 2.05) is 39.0 Å². The molecule has 0 aliphatic carbocycles. The minimum absolute atomic E-state index is 0.319. The predicted octanol–water partition coefficient (Wildman–Crippen LogP) is 3.96. The number of ether oxygens (including phenoxy) is 1. The zero-order valence-corrected chi connectivity index (χ0v) is 12.7. The van der Waals surface area contributed by atoms with Gasteiger partial charge in [0.05, 0.1) is 13.3 Å². The van der Waals surface area contributed by atoms with Gasteiger partial charge in [-0.3, -0.25) is 4.39 Å². The highest BCUT2D eigenvalue weighted by molar-refractivity contribution is 6.31. The lowest BCUT2D eigenvalue weighted by molar-refractivity contribution is 0.134. The maximum absolute atomic E-state index is 12.7. The zero-order valence-electron chi connectivity index (χ0n) is 11.9. The fourth-order valence-corrected chi connectivity index (χ4v) is 1.83. The molecule has 2 nitrogen and oxygen atoms in total. The van der Waals surface area contributed by atoms with Crippen molar-refractivity contribution in [3.05, 3.63) is 34.3 Å². The highest BCUT2D eigenvalue weighted by Gasteiger charge is 2.16. The number of hydrogen-bond acceptors (Lipinski definition) is 2. The van der Waals surface area contributed by atoms with E-state index in [-0.39, 0.29) is 12.1 Å². The largest absolute Gasteiger partial charge is 0.377 e. The molecule has 0 fully saturated rings. The van der Waals surface area contributed by atoms with Crippen LogP contribution in [0, 0.1) is 5.41 Å². The Morgan fingerprint density at radius 1 is 1.37 bits per heavy atom. The van der Waals surface area contributed by atoms with Crippen LogP contribution in [0.5, 0.6) is 0 Å². The van der Waals surface area contributed by atoms with Crippen LogP contribution in [0.1, 0.15) is 31.9 Å². The molecule has 1 rings (SSSR count). The Bertz CT molecular complexity index is 396. The molecule has 4 heteroatoms. The summed E-state index contributed by atoms with van der Waals surface area (Å²) < 4.78 is 18.1. The summed E-state index contributed by atoms with van der Waals surface area (Å²) >= 11 is 6.11. The first-order valence-corrected chi connectivity index (χ1v) is 6.98. The average Bonchev–Trinajstić information content (AvgIpc) is 2.39. The van der Waals surface area contributed by atoms with E-state index in [0.717, 1.165) is 16.1 Å². The van der Waals surface area contributed by atoms with E-state index in [1.165, 1.54) is 0 Å². The Kier molecular flexibility index (Phi) is 6.76. The molecule has 0 heterocycles. The van der Waals surface area contributed by atoms with Gasteiger partial charge < -0.3 is 10.1 Å². The summed E-state index contributed by atoms with van der Waals surface area (Å²) in [5.41, 5.74) is 1.81. The van der Waals surface area contributed by atoms with Crippen molar-refractivity contribution in [1.82, 2.24) is 5.32 Å². The minimum Gasteiger partial charge on any atom is -0.377 e. The van der Waals surface area contributed by atoms with Crippen LogP contribution in [-0.4, -0.2) is 19.8 Å². The van der Waals surface area contributed by atoms with E-state index in [1.54, 1.807) is 0 Å². The molecule has 0 saturated carbocycles. The standard InChI is InChI=1S/C15H23ClFNO/c1-4-19-9-13-7-12(5-6-14(13)16)8-18-11-15(2,3)10-17/h5-7,18H,4,8-11H2,1-3H3. The lowest BCUT2D eigenvalue weighted by atomic mass is 9.95. The Balaban J connectivity index is 2.54. The van der Waals surface area contributed by atoms with Gasteiger partial charge in [0.25, 0.3) is 0 Å². The molecule has 0 bridgehead atoms. The van der Waals surface area contributed by atoms with Crippen molar-refractivity contribution in [3.8, 4) is 0 Å². The monoisotopic (exact) mass is 287 g/mol. The molecule has 0 aliphatic heterocycles. The molecule has 0 atom stereocenters. The van der Waals surface area contributed by atoms with E-state index in [4.69, 9.17) is 16.3 Å². The molecule has 0 amide bonds. The SMILES string of the molecule is CCOCc1cc(CNCC(C)(C)CF)ccc1Cl. The van der Waals surface area contributed by atoms with Crippen LogP contribution in [0.15, 0.2) is 18.2 Å². The summed E-state index contributed by atoms with van der Waals surface area (Å²) in [5, 5.41) is 4.00. The van der Waals surface area contributed by atoms with Gasteiger partial charge in [-0.25, -0.2) is 0 Å². The van der Waals surface area contributed by atoms with E-state index in [9.17, 15) is 4.39 Å². The molecular weight excluding hydrogens is 265 g/mol. The first-order chi connectivity index (χ1) is 8.98. The van der Waals surface area contributed by atoms with Gasteiger partial charge in [0, 0.05) is 30.1 Å². The molecule has 1 N–H and O–H groups in total. The average molecular weight is 288 g/mol. The summed E-state index contributed by atoms with van der Waals surface area (Å²) in [5.74, 6) is 0. The Morgan fingerprint density at radius 2 is 2.11 bits per heavy atom. The highest BCUT2D eigenvalue weighted by atomic mass is 35.5. The van der Waals surface area contributed by atoms with Crippen molar-refractivity contribution >= 4 is 11.6 Å². The van der Waals surface area contributed by atoms with Gasteiger partial charge in [0.15, 0.2) is 0 Å². The second-order valence-electron chi connectivity index (χ2n) is 5.46. The van der Waals surface area contributed by atoms with Crippen molar-refractivity contribution in [2.75, 3.05) is 19.8 Å². The second-order valence-corrected chi connectivity index (χ2v) is 5.87. The highest BCUT2D eigenvalue weighted by Crippen LogP contribution is 2.19. The first kappa shape index (κ1) is 16.4. The lowest BCUT2D eigenvalue weighted by Gasteiger charge is -2.21. The van der Waals surface area contributed by atoms with Gasteiger partial charge in [-0.05, 0) is 24.1 Å². The Labute approximate surface area is 120 Å². The van der Waals surface area contributed by atoms with Crippen LogP contribution in [0.3, 0.4) is 0 Å². The molecule has 108 valence electrons. The zero-order chi connectivity index (χ0) is 14.3. The molecule has 0 aromatic heterocycles. The van der Waals surface area contributed by atoms with E-state index >= 15 is 0 Å². The normalized spacial score (nSPS) is 11.8. The number of rotatable bonds is 8. The van der Waals surface area contributed by atoms with Crippen molar-refractivity contribution in [2.45, 2.75) is 33.9 Å². The smallest absolute Gasteiger partial charge is 0.0957 e. The fourth-order valence-electron chi connectivity index (χ4n) is 1.65. The minimum atomic E-state index is -0.323. The summed E-state index contributed by atoms with van der Waals surface area (Å²) in [6.45, 7) is 7.99. The third-order valence-corrected chi connectivity index (χ3v) is 3.23. The fraction of sp³-hybridized carbons (Fsp3) is 0.600. The molecule has 0 saturated heterocycles. The van der Waals surface area contributed by atoms with Crippen molar-refractivity contribution in [1.29, 1.82) is 0 Å². The van der Waals surface area contributed by atoms with E-state index < -0.39 is 0 Å². The molecule has 1 aromatic carbocycles. The van der Waals surface area contributed by atoms with Crippen molar-refractivity contribution in [2.24, 2.45) is 5.41 Å². The molecule has 0 spiro atoms. The number of hydrogen-bond donors (Lipinski definition) is 1. The summed E-state index contributed by atoms with van der Waals surface area (Å²) in [6.07, 6.45) is 0. The second kappa shape index (κ2) is 7.83. The van der Waals surface area contributed by atoms with Gasteiger partial charge in [-0.15, -0.1) is 0 Å². The van der Waals surface area contributed by atoms with Crippen molar-refractivity contribution < 1.29 is 9.13 Å². The van der Waals surface area contributed by atoms with Gasteiger partial charge >= 0.3 is 0 Å². The van der Waals surface area contributed by atoms with Crippen LogP contribution in [0.4, 0.5) is 4.39 Å². The Hall–Kier alpha value is -0.640. The molecule has 0 unspecified atom stereocenters. The van der Waals surface area contributed by atoms with Crippen LogP contribution < -0.4 is 5.32 Å². The molecule has 1 aromatic rings. The maximum Gasteiger partial charge on any atom is 0.0957 e. The summed E-state index contributed by atoms with van der Waals surface area (Å²) in [6, 6.07) is 5.90. The van der Waals surface area contributed by atoms with Crippen LogP contribution >= 0.6 is 11.6 Å². The van der Waals surface area contributed by atoms with Crippen molar-refractivity contribution in [3.63, 3.8) is 0 Å². The van der Waals surface area contributed by atoms with Gasteiger partial charge in [0.2, 0.25) is 0 Å². The summed E-state index contributed by atoms with van der Waals surface area (Å²) in [7, 11) is 0. The van der Waals surface area contributed by atoms with E-state index in [2.05, 4.69) is 5.32 Å². The van der Waals surface area contributed by atoms with E-state index in [0.29, 0.717) is 26.3 Å². The molecule has 19 heavy (non-hydrogen) atoms. The lowest BCUT2D eigenvalue weighted by Crippen LogP contribution is -2.30. The maximum atomic E-state index is 12.7. The van der Waals surface area contributed by atoms with Crippen LogP contribution in [0.2, 0.25) is 5.02 Å². The quantitative estimate of drug-likeness (QED) is 0.781. The third-order valence-electron chi connectivity index (χ3n) is 2.87. The molecular formula is C15H23ClFNO. The number of halogens is 2. The number of nitrogens with one attached hydrogen (secondary N) is 1. The van der Waals surface area contributed by atoms with Crippen LogP contribution in [0.25, 0.3) is 0 Å². The van der Waals surface area contributed by atoms with Gasteiger partial charge in [0.1, 0.15) is 0 Å². The Morgan fingerprint density at radius 3 is 2.74 bits per heavy atom. The third kappa shape index (κ3) is 5.89. The topological polar surface area (TPSA) is 21.3 Å². The summed E-state index contributed by atoms with van der Waals surface area (Å²) in [4.78, 5) is 0. The predicted molar refractivity (Wildman–Crippen MR) is 78.2 cm³/mol. The van der Waals surface area contributed by atoms with Gasteiger partial charge in [-0.2, -0.15) is 0 Å². The first-order valence-electron chi connectivity index (χ1n) is 6.60. The molecule has 0 aliphatic rings.